The van der Waals surface area contributed by atoms with Crippen LogP contribution < -0.4 is 0 Å². The molecular weight excluding hydrogens is 224 g/mol. The SMILES string of the molecule is C=CCC1(OOCCCCCCCC)CCCC1. The molecule has 1 aliphatic carbocycles. The Morgan fingerprint density at radius 1 is 1.06 bits per heavy atom. The Hall–Kier alpha value is -0.340. The topological polar surface area (TPSA) is 18.5 Å². The minimum atomic E-state index is -0.0516. The standard InChI is InChI=1S/C16H30O2/c1-3-5-6-7-8-11-15-17-18-16(12-4-2)13-9-10-14-16/h4H,2-3,5-15H2,1H3. The van der Waals surface area contributed by atoms with Gasteiger partial charge in [-0.25, -0.2) is 9.78 Å². The molecule has 0 heterocycles. The molecule has 0 N–H and O–H groups in total. The molecule has 0 bridgehead atoms. The first-order valence-corrected chi connectivity index (χ1v) is 7.74. The Morgan fingerprint density at radius 2 is 1.72 bits per heavy atom. The molecule has 1 aliphatic rings. The van der Waals surface area contributed by atoms with Crippen LogP contribution in [0.1, 0.15) is 77.6 Å². The van der Waals surface area contributed by atoms with E-state index < -0.39 is 0 Å². The summed E-state index contributed by atoms with van der Waals surface area (Å²) in [5, 5.41) is 0. The Balaban J connectivity index is 2.00. The molecule has 2 heteroatoms. The van der Waals surface area contributed by atoms with Crippen molar-refractivity contribution in [3.63, 3.8) is 0 Å². The summed E-state index contributed by atoms with van der Waals surface area (Å²) >= 11 is 0. The molecule has 1 fully saturated rings. The highest BCUT2D eigenvalue weighted by atomic mass is 17.2. The van der Waals surface area contributed by atoms with E-state index in [2.05, 4.69) is 13.5 Å². The van der Waals surface area contributed by atoms with Gasteiger partial charge in [-0.1, -0.05) is 57.9 Å². The van der Waals surface area contributed by atoms with E-state index in [1.54, 1.807) is 0 Å². The Kier molecular flexibility index (Phi) is 8.36. The van der Waals surface area contributed by atoms with E-state index in [9.17, 15) is 0 Å². The normalized spacial score (nSPS) is 18.1. The quantitative estimate of drug-likeness (QED) is 0.219. The van der Waals surface area contributed by atoms with Crippen molar-refractivity contribution < 1.29 is 9.78 Å². The molecule has 0 amide bonds. The first-order valence-electron chi connectivity index (χ1n) is 7.74. The maximum absolute atomic E-state index is 5.69. The second kappa shape index (κ2) is 9.57. The van der Waals surface area contributed by atoms with Crippen LogP contribution in [0.5, 0.6) is 0 Å². The van der Waals surface area contributed by atoms with Gasteiger partial charge in [0.1, 0.15) is 5.60 Å². The van der Waals surface area contributed by atoms with Crippen LogP contribution in [0, 0.1) is 0 Å². The van der Waals surface area contributed by atoms with E-state index in [1.807, 2.05) is 6.08 Å². The van der Waals surface area contributed by atoms with Crippen LogP contribution in [0.25, 0.3) is 0 Å². The average Bonchev–Trinajstić information content (AvgIpc) is 2.82. The summed E-state index contributed by atoms with van der Waals surface area (Å²) in [5.41, 5.74) is -0.0516. The molecule has 106 valence electrons. The lowest BCUT2D eigenvalue weighted by Gasteiger charge is -2.26. The molecule has 0 spiro atoms. The highest BCUT2D eigenvalue weighted by molar-refractivity contribution is 4.91. The number of hydrogen-bond acceptors (Lipinski definition) is 2. The molecule has 0 atom stereocenters. The summed E-state index contributed by atoms with van der Waals surface area (Å²) < 4.78 is 0. The Morgan fingerprint density at radius 3 is 2.39 bits per heavy atom. The number of unbranched alkanes of at least 4 members (excludes halogenated alkanes) is 5. The van der Waals surface area contributed by atoms with Crippen LogP contribution in [-0.4, -0.2) is 12.2 Å². The van der Waals surface area contributed by atoms with Crippen molar-refractivity contribution in [3.8, 4) is 0 Å². The van der Waals surface area contributed by atoms with Crippen LogP contribution in [0.15, 0.2) is 12.7 Å². The lowest BCUT2D eigenvalue weighted by Crippen LogP contribution is -2.28. The molecule has 1 saturated carbocycles. The van der Waals surface area contributed by atoms with Gasteiger partial charge in [-0.2, -0.15) is 0 Å². The summed E-state index contributed by atoms with van der Waals surface area (Å²) in [7, 11) is 0. The van der Waals surface area contributed by atoms with Crippen LogP contribution in [0.3, 0.4) is 0 Å². The van der Waals surface area contributed by atoms with Gasteiger partial charge in [0.2, 0.25) is 0 Å². The highest BCUT2D eigenvalue weighted by Gasteiger charge is 2.34. The van der Waals surface area contributed by atoms with Gasteiger partial charge in [-0.05, 0) is 25.7 Å². The molecule has 0 aliphatic heterocycles. The molecule has 0 aromatic rings. The van der Waals surface area contributed by atoms with Gasteiger partial charge in [0.05, 0.1) is 6.61 Å². The first-order chi connectivity index (χ1) is 8.83. The number of hydrogen-bond donors (Lipinski definition) is 0. The van der Waals surface area contributed by atoms with Crippen LogP contribution in [0.2, 0.25) is 0 Å². The van der Waals surface area contributed by atoms with Gasteiger partial charge in [0, 0.05) is 0 Å². The van der Waals surface area contributed by atoms with E-state index in [0.717, 1.165) is 32.3 Å². The monoisotopic (exact) mass is 254 g/mol. The zero-order chi connectivity index (χ0) is 13.1. The molecule has 0 unspecified atom stereocenters. The minimum absolute atomic E-state index is 0.0516. The zero-order valence-corrected chi connectivity index (χ0v) is 12.1. The summed E-state index contributed by atoms with van der Waals surface area (Å²) in [6.45, 7) is 6.81. The second-order valence-electron chi connectivity index (χ2n) is 5.56. The Bertz CT molecular complexity index is 207. The molecule has 0 radical (unpaired) electrons. The number of rotatable bonds is 11. The summed E-state index contributed by atoms with van der Waals surface area (Å²) in [6.07, 6.45) is 15.4. The molecule has 18 heavy (non-hydrogen) atoms. The summed E-state index contributed by atoms with van der Waals surface area (Å²) in [4.78, 5) is 11.1. The maximum Gasteiger partial charge on any atom is 0.107 e. The largest absolute Gasteiger partial charge is 0.236 e. The fourth-order valence-electron chi connectivity index (χ4n) is 2.71. The van der Waals surface area contributed by atoms with Gasteiger partial charge in [-0.3, -0.25) is 0 Å². The van der Waals surface area contributed by atoms with E-state index in [1.165, 1.54) is 44.9 Å². The van der Waals surface area contributed by atoms with Crippen molar-refractivity contribution in [1.29, 1.82) is 0 Å². The van der Waals surface area contributed by atoms with Gasteiger partial charge in [-0.15, -0.1) is 6.58 Å². The van der Waals surface area contributed by atoms with Crippen molar-refractivity contribution in [2.24, 2.45) is 0 Å². The average molecular weight is 254 g/mol. The van der Waals surface area contributed by atoms with Crippen molar-refractivity contribution in [2.45, 2.75) is 83.2 Å². The van der Waals surface area contributed by atoms with Crippen LogP contribution in [-0.2, 0) is 9.78 Å². The van der Waals surface area contributed by atoms with Crippen LogP contribution in [0.4, 0.5) is 0 Å². The zero-order valence-electron chi connectivity index (χ0n) is 12.1. The third-order valence-corrected chi connectivity index (χ3v) is 3.85. The molecule has 1 rings (SSSR count). The molecule has 0 aromatic carbocycles. The van der Waals surface area contributed by atoms with E-state index >= 15 is 0 Å². The molecule has 0 saturated heterocycles. The first kappa shape index (κ1) is 15.7. The van der Waals surface area contributed by atoms with Crippen molar-refractivity contribution in [1.82, 2.24) is 0 Å². The predicted molar refractivity (Wildman–Crippen MR) is 76.4 cm³/mol. The van der Waals surface area contributed by atoms with Gasteiger partial charge in [0.25, 0.3) is 0 Å². The Labute approximate surface area is 113 Å². The lowest BCUT2D eigenvalue weighted by molar-refractivity contribution is -0.360. The van der Waals surface area contributed by atoms with E-state index in [0.29, 0.717) is 0 Å². The van der Waals surface area contributed by atoms with Gasteiger partial charge < -0.3 is 0 Å². The van der Waals surface area contributed by atoms with Crippen molar-refractivity contribution in [3.05, 3.63) is 12.7 Å². The maximum atomic E-state index is 5.69. The van der Waals surface area contributed by atoms with Crippen molar-refractivity contribution in [2.75, 3.05) is 6.61 Å². The second-order valence-corrected chi connectivity index (χ2v) is 5.56. The van der Waals surface area contributed by atoms with Gasteiger partial charge in [0.15, 0.2) is 0 Å². The molecular formula is C16H30O2. The molecule has 0 aromatic heterocycles. The molecule has 2 nitrogen and oxygen atoms in total. The minimum Gasteiger partial charge on any atom is -0.236 e. The van der Waals surface area contributed by atoms with Crippen LogP contribution >= 0.6 is 0 Å². The highest BCUT2D eigenvalue weighted by Crippen LogP contribution is 2.36. The third-order valence-electron chi connectivity index (χ3n) is 3.85. The summed E-state index contributed by atoms with van der Waals surface area (Å²) in [5.74, 6) is 0. The lowest BCUT2D eigenvalue weighted by atomic mass is 9.98. The predicted octanol–water partition coefficient (Wildman–Crippen LogP) is 5.18. The van der Waals surface area contributed by atoms with Crippen molar-refractivity contribution >= 4 is 0 Å². The smallest absolute Gasteiger partial charge is 0.107 e. The third kappa shape index (κ3) is 6.01. The van der Waals surface area contributed by atoms with E-state index in [4.69, 9.17) is 9.78 Å². The van der Waals surface area contributed by atoms with E-state index in [-0.39, 0.29) is 5.60 Å². The fraction of sp³-hybridized carbons (Fsp3) is 0.875. The summed E-state index contributed by atoms with van der Waals surface area (Å²) in [6, 6.07) is 0. The van der Waals surface area contributed by atoms with Gasteiger partial charge >= 0.3 is 0 Å². The fourth-order valence-corrected chi connectivity index (χ4v) is 2.71.